The lowest BCUT2D eigenvalue weighted by Gasteiger charge is -2.13. The molecule has 0 atom stereocenters. The monoisotopic (exact) mass is 350 g/mol. The van der Waals surface area contributed by atoms with Crippen molar-refractivity contribution in [1.29, 1.82) is 0 Å². The van der Waals surface area contributed by atoms with Gasteiger partial charge in [-0.3, -0.25) is 9.78 Å². The van der Waals surface area contributed by atoms with Crippen LogP contribution in [0.4, 0.5) is 27.1 Å². The van der Waals surface area contributed by atoms with Crippen LogP contribution < -0.4 is 15.5 Å². The second-order valence-electron chi connectivity index (χ2n) is 5.93. The zero-order valence-electron chi connectivity index (χ0n) is 14.5. The minimum Gasteiger partial charge on any atom is -0.378 e. The van der Waals surface area contributed by atoms with Crippen molar-refractivity contribution < 1.29 is 9.18 Å². The van der Waals surface area contributed by atoms with E-state index in [1.54, 1.807) is 30.3 Å². The summed E-state index contributed by atoms with van der Waals surface area (Å²) in [6, 6.07) is 17.1. The molecule has 0 saturated heterocycles. The number of nitrogens with one attached hydrogen (secondary N) is 2. The molecule has 1 amide bonds. The number of amides is 1. The van der Waals surface area contributed by atoms with Gasteiger partial charge in [0.15, 0.2) is 0 Å². The summed E-state index contributed by atoms with van der Waals surface area (Å²) in [6.07, 6.45) is 1.51. The number of hydrogen-bond donors (Lipinski definition) is 2. The van der Waals surface area contributed by atoms with Gasteiger partial charge in [0.25, 0.3) is 5.91 Å². The molecule has 2 aromatic carbocycles. The predicted molar refractivity (Wildman–Crippen MR) is 103 cm³/mol. The smallest absolute Gasteiger partial charge is 0.274 e. The largest absolute Gasteiger partial charge is 0.378 e. The maximum absolute atomic E-state index is 13.8. The van der Waals surface area contributed by atoms with Crippen LogP contribution in [0.25, 0.3) is 0 Å². The summed E-state index contributed by atoms with van der Waals surface area (Å²) >= 11 is 0. The molecule has 0 spiro atoms. The van der Waals surface area contributed by atoms with Gasteiger partial charge in [-0.15, -0.1) is 0 Å². The molecule has 1 aromatic heterocycles. The van der Waals surface area contributed by atoms with E-state index in [-0.39, 0.29) is 17.4 Å². The molecule has 0 aliphatic carbocycles. The first-order valence-electron chi connectivity index (χ1n) is 8.09. The second-order valence-corrected chi connectivity index (χ2v) is 5.93. The summed E-state index contributed by atoms with van der Waals surface area (Å²) in [4.78, 5) is 18.5. The van der Waals surface area contributed by atoms with Crippen molar-refractivity contribution >= 4 is 28.7 Å². The molecule has 0 saturated carbocycles. The third-order valence-electron chi connectivity index (χ3n) is 3.79. The van der Waals surface area contributed by atoms with Crippen LogP contribution in [0.3, 0.4) is 0 Å². The van der Waals surface area contributed by atoms with Gasteiger partial charge in [0.2, 0.25) is 0 Å². The van der Waals surface area contributed by atoms with E-state index in [2.05, 4.69) is 15.6 Å². The van der Waals surface area contributed by atoms with Crippen molar-refractivity contribution in [3.63, 3.8) is 0 Å². The number of carbonyl (C=O) groups is 1. The number of nitrogens with zero attached hydrogens (tertiary/aromatic N) is 2. The molecular formula is C20H19FN4O. The van der Waals surface area contributed by atoms with Gasteiger partial charge in [0.05, 0.1) is 5.69 Å². The Labute approximate surface area is 151 Å². The van der Waals surface area contributed by atoms with E-state index < -0.39 is 0 Å². The van der Waals surface area contributed by atoms with E-state index in [9.17, 15) is 9.18 Å². The number of pyridine rings is 1. The molecule has 2 N–H and O–H groups in total. The molecule has 0 aliphatic rings. The first-order valence-corrected chi connectivity index (χ1v) is 8.09. The van der Waals surface area contributed by atoms with E-state index in [4.69, 9.17) is 0 Å². The average Bonchev–Trinajstić information content (AvgIpc) is 2.64. The lowest BCUT2D eigenvalue weighted by Crippen LogP contribution is -2.14. The summed E-state index contributed by atoms with van der Waals surface area (Å²) in [5, 5.41) is 5.76. The number of rotatable bonds is 5. The fourth-order valence-corrected chi connectivity index (χ4v) is 2.39. The summed E-state index contributed by atoms with van der Waals surface area (Å²) in [7, 11) is 3.90. The van der Waals surface area contributed by atoms with Crippen LogP contribution in [-0.4, -0.2) is 25.0 Å². The van der Waals surface area contributed by atoms with Crippen LogP contribution in [-0.2, 0) is 0 Å². The first kappa shape index (κ1) is 17.4. The van der Waals surface area contributed by atoms with Gasteiger partial charge in [-0.2, -0.15) is 0 Å². The van der Waals surface area contributed by atoms with Crippen molar-refractivity contribution in [3.05, 3.63) is 78.4 Å². The number of anilines is 4. The van der Waals surface area contributed by atoms with Crippen LogP contribution in [0, 0.1) is 5.82 Å². The Bertz CT molecular complexity index is 910. The molecule has 5 nitrogen and oxygen atoms in total. The van der Waals surface area contributed by atoms with E-state index in [0.29, 0.717) is 17.1 Å². The van der Waals surface area contributed by atoms with Crippen LogP contribution in [0.15, 0.2) is 66.9 Å². The van der Waals surface area contributed by atoms with Gasteiger partial charge in [0, 0.05) is 37.4 Å². The molecule has 0 fully saturated rings. The lowest BCUT2D eigenvalue weighted by atomic mass is 10.2. The molecule has 6 heteroatoms. The average molecular weight is 350 g/mol. The molecule has 0 unspecified atom stereocenters. The van der Waals surface area contributed by atoms with Gasteiger partial charge in [-0.05, 0) is 48.5 Å². The topological polar surface area (TPSA) is 57.3 Å². The van der Waals surface area contributed by atoms with Crippen LogP contribution in [0.2, 0.25) is 0 Å². The van der Waals surface area contributed by atoms with Crippen molar-refractivity contribution in [1.82, 2.24) is 4.98 Å². The van der Waals surface area contributed by atoms with Gasteiger partial charge in [-0.1, -0.05) is 12.1 Å². The Balaban J connectivity index is 1.73. The van der Waals surface area contributed by atoms with Crippen molar-refractivity contribution in [2.24, 2.45) is 0 Å². The molecule has 3 aromatic rings. The van der Waals surface area contributed by atoms with E-state index in [0.717, 1.165) is 5.69 Å². The highest BCUT2D eigenvalue weighted by atomic mass is 19.1. The second kappa shape index (κ2) is 7.65. The third-order valence-corrected chi connectivity index (χ3v) is 3.79. The first-order chi connectivity index (χ1) is 12.5. The number of benzene rings is 2. The number of para-hydroxylation sites is 1. The molecule has 0 radical (unpaired) electrons. The highest BCUT2D eigenvalue weighted by Crippen LogP contribution is 2.20. The summed E-state index contributed by atoms with van der Waals surface area (Å²) < 4.78 is 13.8. The summed E-state index contributed by atoms with van der Waals surface area (Å²) in [6.45, 7) is 0. The van der Waals surface area contributed by atoms with Gasteiger partial charge >= 0.3 is 0 Å². The molecule has 0 aliphatic heterocycles. The molecule has 26 heavy (non-hydrogen) atoms. The maximum Gasteiger partial charge on any atom is 0.274 e. The SMILES string of the molecule is CN(C)c1ccc(NC(=O)c2cc(Nc3ccccc3F)ccn2)cc1. The van der Waals surface area contributed by atoms with Gasteiger partial charge in [-0.25, -0.2) is 4.39 Å². The minimum absolute atomic E-state index is 0.239. The zero-order valence-corrected chi connectivity index (χ0v) is 14.5. The fraction of sp³-hybridized carbons (Fsp3) is 0.100. The third kappa shape index (κ3) is 4.16. The Morgan fingerprint density at radius 3 is 2.42 bits per heavy atom. The van der Waals surface area contributed by atoms with Gasteiger partial charge < -0.3 is 15.5 Å². The molecule has 0 bridgehead atoms. The van der Waals surface area contributed by atoms with Crippen molar-refractivity contribution in [2.45, 2.75) is 0 Å². The summed E-state index contributed by atoms with van der Waals surface area (Å²) in [5.74, 6) is -0.698. The minimum atomic E-state index is -0.365. The van der Waals surface area contributed by atoms with E-state index in [1.165, 1.54) is 12.3 Å². The normalized spacial score (nSPS) is 10.3. The predicted octanol–water partition coefficient (Wildman–Crippen LogP) is 4.28. The van der Waals surface area contributed by atoms with Crippen LogP contribution in [0.5, 0.6) is 0 Å². The van der Waals surface area contributed by atoms with Crippen molar-refractivity contribution in [2.75, 3.05) is 29.6 Å². The van der Waals surface area contributed by atoms with E-state index in [1.807, 2.05) is 43.3 Å². The Hall–Kier alpha value is -3.41. The molecular weight excluding hydrogens is 331 g/mol. The quantitative estimate of drug-likeness (QED) is 0.721. The van der Waals surface area contributed by atoms with E-state index >= 15 is 0 Å². The number of aromatic nitrogens is 1. The van der Waals surface area contributed by atoms with Crippen LogP contribution >= 0.6 is 0 Å². The Morgan fingerprint density at radius 1 is 1.00 bits per heavy atom. The van der Waals surface area contributed by atoms with Gasteiger partial charge in [0.1, 0.15) is 11.5 Å². The fourth-order valence-electron chi connectivity index (χ4n) is 2.39. The molecule has 132 valence electrons. The standard InChI is InChI=1S/C20H19FN4O/c1-25(2)16-9-7-14(8-10-16)24-20(26)19-13-15(11-12-22-19)23-18-6-4-3-5-17(18)21/h3-13H,1-2H3,(H,22,23)(H,24,26). The Kier molecular flexibility index (Phi) is 5.12. The maximum atomic E-state index is 13.8. The highest BCUT2D eigenvalue weighted by Gasteiger charge is 2.10. The molecule has 1 heterocycles. The highest BCUT2D eigenvalue weighted by molar-refractivity contribution is 6.03. The zero-order chi connectivity index (χ0) is 18.5. The molecule has 3 rings (SSSR count). The lowest BCUT2D eigenvalue weighted by molar-refractivity contribution is 0.102. The number of halogens is 1. The number of carbonyl (C=O) groups excluding carboxylic acids is 1. The summed E-state index contributed by atoms with van der Waals surface area (Å²) in [5.41, 5.74) is 2.87. The van der Waals surface area contributed by atoms with Crippen LogP contribution in [0.1, 0.15) is 10.5 Å². The number of hydrogen-bond acceptors (Lipinski definition) is 4. The van der Waals surface area contributed by atoms with Crippen molar-refractivity contribution in [3.8, 4) is 0 Å². The Morgan fingerprint density at radius 2 is 1.73 bits per heavy atom.